The summed E-state index contributed by atoms with van der Waals surface area (Å²) in [7, 11) is 0. The Morgan fingerprint density at radius 2 is 1.48 bits per heavy atom. The molecule has 0 fully saturated rings. The van der Waals surface area contributed by atoms with Crippen molar-refractivity contribution in [1.82, 2.24) is 10.9 Å². The minimum absolute atomic E-state index is 0.226. The summed E-state index contributed by atoms with van der Waals surface area (Å²) >= 11 is 0. The van der Waals surface area contributed by atoms with E-state index < -0.39 is 0 Å². The van der Waals surface area contributed by atoms with E-state index in [0.717, 1.165) is 11.1 Å². The molecule has 2 N–H and O–H groups in total. The van der Waals surface area contributed by atoms with Crippen molar-refractivity contribution in [2.24, 2.45) is 0 Å². The Hall–Kier alpha value is -2.88. The van der Waals surface area contributed by atoms with Gasteiger partial charge in [-0.25, -0.2) is 0 Å². The zero-order valence-electron chi connectivity index (χ0n) is 11.5. The van der Waals surface area contributed by atoms with E-state index in [1.807, 2.05) is 60.7 Å². The lowest BCUT2D eigenvalue weighted by Crippen LogP contribution is -2.41. The molecule has 2 aromatic carbocycles. The molecule has 0 saturated carbocycles. The van der Waals surface area contributed by atoms with Crippen LogP contribution in [0.2, 0.25) is 0 Å². The molecular weight excluding hydrogens is 264 g/mol. The van der Waals surface area contributed by atoms with Crippen molar-refractivity contribution in [1.29, 1.82) is 0 Å². The summed E-state index contributed by atoms with van der Waals surface area (Å²) in [6, 6.07) is 18.8. The van der Waals surface area contributed by atoms with Crippen LogP contribution in [-0.2, 0) is 16.0 Å². The molecule has 0 aliphatic heterocycles. The molecule has 0 atom stereocenters. The molecule has 21 heavy (non-hydrogen) atoms. The van der Waals surface area contributed by atoms with E-state index in [4.69, 9.17) is 0 Å². The van der Waals surface area contributed by atoms with Crippen LogP contribution in [0.5, 0.6) is 0 Å². The number of carbonyl (C=O) groups excluding carboxylic acids is 2. The van der Waals surface area contributed by atoms with Gasteiger partial charge in [0.2, 0.25) is 5.91 Å². The van der Waals surface area contributed by atoms with Crippen LogP contribution in [0.1, 0.15) is 11.1 Å². The molecule has 0 aliphatic carbocycles. The van der Waals surface area contributed by atoms with Gasteiger partial charge in [-0.3, -0.25) is 20.4 Å². The number of amides is 2. The molecule has 4 heteroatoms. The molecule has 0 spiro atoms. The summed E-state index contributed by atoms with van der Waals surface area (Å²) in [6.07, 6.45) is 3.28. The van der Waals surface area contributed by atoms with Gasteiger partial charge in [-0.05, 0) is 17.2 Å². The maximum Gasteiger partial charge on any atom is 0.262 e. The second-order valence-corrected chi connectivity index (χ2v) is 4.44. The van der Waals surface area contributed by atoms with Gasteiger partial charge in [0, 0.05) is 6.08 Å². The van der Waals surface area contributed by atoms with Crippen molar-refractivity contribution in [3.05, 3.63) is 77.9 Å². The maximum atomic E-state index is 11.6. The van der Waals surface area contributed by atoms with Crippen LogP contribution in [0.25, 0.3) is 6.08 Å². The Morgan fingerprint density at radius 1 is 0.857 bits per heavy atom. The van der Waals surface area contributed by atoms with Crippen LogP contribution in [-0.4, -0.2) is 11.8 Å². The fourth-order valence-electron chi connectivity index (χ4n) is 1.73. The first-order valence-corrected chi connectivity index (χ1v) is 6.60. The van der Waals surface area contributed by atoms with Crippen molar-refractivity contribution in [3.63, 3.8) is 0 Å². The molecule has 0 aliphatic rings. The van der Waals surface area contributed by atoms with Gasteiger partial charge in [-0.1, -0.05) is 60.7 Å². The summed E-state index contributed by atoms with van der Waals surface area (Å²) in [5.41, 5.74) is 6.54. The molecule has 0 heterocycles. The van der Waals surface area contributed by atoms with E-state index >= 15 is 0 Å². The highest BCUT2D eigenvalue weighted by Gasteiger charge is 2.03. The predicted molar refractivity (Wildman–Crippen MR) is 81.9 cm³/mol. The van der Waals surface area contributed by atoms with Crippen LogP contribution in [0.3, 0.4) is 0 Å². The van der Waals surface area contributed by atoms with Crippen LogP contribution >= 0.6 is 0 Å². The standard InChI is InChI=1S/C17H16N2O2/c20-16(12-11-14-7-3-1-4-8-14)18-19-17(21)13-15-9-5-2-6-10-15/h1-12H,13H2,(H,18,20)(H,19,21)/b12-11-. The third-order valence-corrected chi connectivity index (χ3v) is 2.76. The van der Waals surface area contributed by atoms with Crippen molar-refractivity contribution >= 4 is 17.9 Å². The molecule has 2 amide bonds. The Bertz CT molecular complexity index is 622. The first-order valence-electron chi connectivity index (χ1n) is 6.60. The van der Waals surface area contributed by atoms with Gasteiger partial charge in [-0.15, -0.1) is 0 Å². The highest BCUT2D eigenvalue weighted by molar-refractivity contribution is 5.93. The van der Waals surface area contributed by atoms with Crippen molar-refractivity contribution in [2.75, 3.05) is 0 Å². The van der Waals surface area contributed by atoms with Gasteiger partial charge in [-0.2, -0.15) is 0 Å². The molecular formula is C17H16N2O2. The highest BCUT2D eigenvalue weighted by Crippen LogP contribution is 2.00. The Labute approximate surface area is 123 Å². The van der Waals surface area contributed by atoms with E-state index in [-0.39, 0.29) is 18.2 Å². The summed E-state index contributed by atoms with van der Waals surface area (Å²) < 4.78 is 0. The van der Waals surface area contributed by atoms with Crippen molar-refractivity contribution in [2.45, 2.75) is 6.42 Å². The van der Waals surface area contributed by atoms with Crippen molar-refractivity contribution < 1.29 is 9.59 Å². The lowest BCUT2D eigenvalue weighted by molar-refractivity contribution is -0.126. The monoisotopic (exact) mass is 280 g/mol. The average molecular weight is 280 g/mol. The molecule has 0 unspecified atom stereocenters. The number of carbonyl (C=O) groups is 2. The first-order chi connectivity index (χ1) is 10.2. The van der Waals surface area contributed by atoms with Crippen LogP contribution < -0.4 is 10.9 Å². The molecule has 0 bridgehead atoms. The number of hydrazine groups is 1. The van der Waals surface area contributed by atoms with E-state index in [2.05, 4.69) is 10.9 Å². The highest BCUT2D eigenvalue weighted by atomic mass is 16.2. The number of hydrogen-bond acceptors (Lipinski definition) is 2. The Balaban J connectivity index is 1.76. The van der Waals surface area contributed by atoms with Gasteiger partial charge in [0.15, 0.2) is 0 Å². The van der Waals surface area contributed by atoms with Crippen molar-refractivity contribution in [3.8, 4) is 0 Å². The normalized spacial score (nSPS) is 10.3. The minimum Gasteiger partial charge on any atom is -0.273 e. The van der Waals surface area contributed by atoms with Crippen LogP contribution in [0, 0.1) is 0 Å². The molecule has 4 nitrogen and oxygen atoms in total. The van der Waals surface area contributed by atoms with Crippen LogP contribution in [0.15, 0.2) is 66.7 Å². The second-order valence-electron chi connectivity index (χ2n) is 4.44. The smallest absolute Gasteiger partial charge is 0.262 e. The fourth-order valence-corrected chi connectivity index (χ4v) is 1.73. The van der Waals surface area contributed by atoms with E-state index in [0.29, 0.717) is 0 Å². The third-order valence-electron chi connectivity index (χ3n) is 2.76. The Morgan fingerprint density at radius 3 is 2.14 bits per heavy atom. The molecule has 2 aromatic rings. The van der Waals surface area contributed by atoms with Gasteiger partial charge >= 0.3 is 0 Å². The molecule has 2 rings (SSSR count). The zero-order chi connectivity index (χ0) is 14.9. The summed E-state index contributed by atoms with van der Waals surface area (Å²) in [5.74, 6) is -0.636. The maximum absolute atomic E-state index is 11.6. The summed E-state index contributed by atoms with van der Waals surface area (Å²) in [4.78, 5) is 23.2. The molecule has 106 valence electrons. The predicted octanol–water partition coefficient (Wildman–Crippen LogP) is 2.09. The molecule has 0 aromatic heterocycles. The van der Waals surface area contributed by atoms with Gasteiger partial charge in [0.05, 0.1) is 6.42 Å². The third kappa shape index (κ3) is 5.32. The number of rotatable bonds is 4. The topological polar surface area (TPSA) is 58.2 Å². The summed E-state index contributed by atoms with van der Waals surface area (Å²) in [5, 5.41) is 0. The largest absolute Gasteiger partial charge is 0.273 e. The molecule has 0 saturated heterocycles. The Kier molecular flexibility index (Phi) is 5.29. The lowest BCUT2D eigenvalue weighted by atomic mass is 10.1. The van der Waals surface area contributed by atoms with Gasteiger partial charge < -0.3 is 0 Å². The zero-order valence-corrected chi connectivity index (χ0v) is 11.5. The molecule has 0 radical (unpaired) electrons. The quantitative estimate of drug-likeness (QED) is 0.665. The first kappa shape index (κ1) is 14.5. The van der Waals surface area contributed by atoms with E-state index in [1.54, 1.807) is 6.08 Å². The lowest BCUT2D eigenvalue weighted by Gasteiger charge is -2.05. The minimum atomic E-state index is -0.375. The van der Waals surface area contributed by atoms with Gasteiger partial charge in [0.25, 0.3) is 5.91 Å². The number of benzene rings is 2. The van der Waals surface area contributed by atoms with Crippen LogP contribution in [0.4, 0.5) is 0 Å². The number of nitrogens with one attached hydrogen (secondary N) is 2. The van der Waals surface area contributed by atoms with E-state index in [9.17, 15) is 9.59 Å². The van der Waals surface area contributed by atoms with Gasteiger partial charge in [0.1, 0.15) is 0 Å². The number of hydrogen-bond donors (Lipinski definition) is 2. The summed E-state index contributed by atoms with van der Waals surface area (Å²) in [6.45, 7) is 0. The average Bonchev–Trinajstić information content (AvgIpc) is 2.53. The fraction of sp³-hybridized carbons (Fsp3) is 0.0588. The second kappa shape index (κ2) is 7.65. The van der Waals surface area contributed by atoms with E-state index in [1.165, 1.54) is 6.08 Å². The SMILES string of the molecule is O=C(/C=C\c1ccccc1)NNC(=O)Cc1ccccc1.